The molecule has 1 rings (SSSR count). The smallest absolute Gasteiger partial charge is 0.154 e. The number of hydrogen-bond donors (Lipinski definition) is 2. The number of nitrogens with two attached hydrogens (primary N) is 1. The van der Waals surface area contributed by atoms with Gasteiger partial charge < -0.3 is 0 Å². The Kier molecular flexibility index (Phi) is 5.35. The summed E-state index contributed by atoms with van der Waals surface area (Å²) < 4.78 is 22.9. The number of rotatable bonds is 6. The lowest BCUT2D eigenvalue weighted by molar-refractivity contribution is 0.413. The largest absolute Gasteiger partial charge is 0.271 e. The quantitative estimate of drug-likeness (QED) is 0.622. The van der Waals surface area contributed by atoms with E-state index in [2.05, 4.69) is 31.4 Å². The lowest BCUT2D eigenvalue weighted by Crippen LogP contribution is -2.55. The molecule has 20 heavy (non-hydrogen) atoms. The van der Waals surface area contributed by atoms with E-state index in [4.69, 9.17) is 5.84 Å². The van der Waals surface area contributed by atoms with Crippen molar-refractivity contribution in [2.75, 3.05) is 6.26 Å². The van der Waals surface area contributed by atoms with Gasteiger partial charge in [-0.05, 0) is 37.3 Å². The standard InChI is InChI=1S/C15H26N2O2S/c1-11(2)13-8-6-12(7-9-13)10-14(17-16)15(3,4)20(5,18)19/h6-9,11,14,17H,10,16H2,1-5H3. The molecule has 0 aliphatic rings. The minimum atomic E-state index is -3.20. The fourth-order valence-electron chi connectivity index (χ4n) is 2.04. The van der Waals surface area contributed by atoms with Gasteiger partial charge in [0.1, 0.15) is 0 Å². The molecule has 1 aromatic rings. The van der Waals surface area contributed by atoms with Crippen LogP contribution in [0.25, 0.3) is 0 Å². The summed E-state index contributed by atoms with van der Waals surface area (Å²) in [6.45, 7) is 7.70. The maximum absolute atomic E-state index is 11.9. The van der Waals surface area contributed by atoms with Gasteiger partial charge in [-0.3, -0.25) is 11.3 Å². The van der Waals surface area contributed by atoms with Crippen LogP contribution >= 0.6 is 0 Å². The number of hydrogen-bond acceptors (Lipinski definition) is 4. The molecule has 0 spiro atoms. The van der Waals surface area contributed by atoms with Crippen molar-refractivity contribution in [1.29, 1.82) is 0 Å². The predicted octanol–water partition coefficient (Wildman–Crippen LogP) is 2.01. The highest BCUT2D eigenvalue weighted by molar-refractivity contribution is 7.92. The van der Waals surface area contributed by atoms with E-state index in [-0.39, 0.29) is 6.04 Å². The first-order valence-corrected chi connectivity index (χ1v) is 8.73. The molecule has 0 saturated carbocycles. The Morgan fingerprint density at radius 3 is 2.05 bits per heavy atom. The molecule has 0 aliphatic heterocycles. The van der Waals surface area contributed by atoms with E-state index in [0.29, 0.717) is 12.3 Å². The summed E-state index contributed by atoms with van der Waals surface area (Å²) in [5, 5.41) is 0. The fraction of sp³-hybridized carbons (Fsp3) is 0.600. The van der Waals surface area contributed by atoms with Gasteiger partial charge in [-0.25, -0.2) is 8.42 Å². The highest BCUT2D eigenvalue weighted by atomic mass is 32.2. The van der Waals surface area contributed by atoms with Crippen LogP contribution in [-0.2, 0) is 16.3 Å². The second kappa shape index (κ2) is 6.24. The van der Waals surface area contributed by atoms with Crippen LogP contribution in [0.3, 0.4) is 0 Å². The van der Waals surface area contributed by atoms with E-state index in [1.54, 1.807) is 13.8 Å². The highest BCUT2D eigenvalue weighted by Gasteiger charge is 2.38. The molecule has 0 aromatic heterocycles. The van der Waals surface area contributed by atoms with Crippen LogP contribution in [0.1, 0.15) is 44.7 Å². The van der Waals surface area contributed by atoms with Crippen LogP contribution in [0.5, 0.6) is 0 Å². The van der Waals surface area contributed by atoms with Crippen LogP contribution in [0.2, 0.25) is 0 Å². The van der Waals surface area contributed by atoms with Gasteiger partial charge in [0.05, 0.1) is 4.75 Å². The minimum Gasteiger partial charge on any atom is -0.271 e. The zero-order chi connectivity index (χ0) is 15.6. The molecule has 0 fully saturated rings. The molecule has 3 N–H and O–H groups in total. The molecule has 4 nitrogen and oxygen atoms in total. The number of nitrogens with one attached hydrogen (secondary N) is 1. The fourth-order valence-corrected chi connectivity index (χ4v) is 2.71. The summed E-state index contributed by atoms with van der Waals surface area (Å²) in [4.78, 5) is 0. The van der Waals surface area contributed by atoms with Crippen molar-refractivity contribution >= 4 is 9.84 Å². The first kappa shape index (κ1) is 17.1. The molecule has 1 aromatic carbocycles. The van der Waals surface area contributed by atoms with Crippen molar-refractivity contribution in [3.8, 4) is 0 Å². The third-order valence-corrected chi connectivity index (χ3v) is 6.28. The molecule has 0 heterocycles. The van der Waals surface area contributed by atoms with Gasteiger partial charge in [0.25, 0.3) is 0 Å². The Labute approximate surface area is 122 Å². The third kappa shape index (κ3) is 3.81. The summed E-state index contributed by atoms with van der Waals surface area (Å²) in [5.74, 6) is 6.05. The molecule has 0 amide bonds. The van der Waals surface area contributed by atoms with Gasteiger partial charge in [0, 0.05) is 12.3 Å². The number of hydrazine groups is 1. The molecule has 0 aliphatic carbocycles. The van der Waals surface area contributed by atoms with E-state index >= 15 is 0 Å². The molecule has 1 atom stereocenters. The Hall–Kier alpha value is -0.910. The van der Waals surface area contributed by atoms with Gasteiger partial charge in [0.15, 0.2) is 9.84 Å². The third-order valence-electron chi connectivity index (χ3n) is 4.08. The molecule has 0 bridgehead atoms. The predicted molar refractivity (Wildman–Crippen MR) is 84.3 cm³/mol. The van der Waals surface area contributed by atoms with Crippen molar-refractivity contribution in [3.05, 3.63) is 35.4 Å². The Balaban J connectivity index is 2.94. The molecule has 114 valence electrons. The monoisotopic (exact) mass is 298 g/mol. The van der Waals surface area contributed by atoms with E-state index in [0.717, 1.165) is 5.56 Å². The zero-order valence-corrected chi connectivity index (χ0v) is 13.8. The van der Waals surface area contributed by atoms with E-state index in [9.17, 15) is 8.42 Å². The van der Waals surface area contributed by atoms with Gasteiger partial charge in [-0.1, -0.05) is 38.1 Å². The van der Waals surface area contributed by atoms with Gasteiger partial charge >= 0.3 is 0 Å². The Morgan fingerprint density at radius 2 is 1.70 bits per heavy atom. The summed E-state index contributed by atoms with van der Waals surface area (Å²) in [6.07, 6.45) is 1.83. The number of sulfone groups is 1. The number of benzene rings is 1. The molecule has 5 heteroatoms. The van der Waals surface area contributed by atoms with Crippen molar-refractivity contribution in [1.82, 2.24) is 5.43 Å². The average molecular weight is 298 g/mol. The molecule has 0 saturated heterocycles. The summed E-state index contributed by atoms with van der Waals surface area (Å²) in [6, 6.07) is 7.92. The molecular formula is C15H26N2O2S. The van der Waals surface area contributed by atoms with E-state index < -0.39 is 14.6 Å². The second-order valence-corrected chi connectivity index (χ2v) is 8.79. The van der Waals surface area contributed by atoms with Crippen LogP contribution < -0.4 is 11.3 Å². The van der Waals surface area contributed by atoms with Crippen LogP contribution in [-0.4, -0.2) is 25.5 Å². The normalized spacial score (nSPS) is 14.6. The Bertz CT molecular complexity index is 533. The van der Waals surface area contributed by atoms with Crippen molar-refractivity contribution < 1.29 is 8.42 Å². The topological polar surface area (TPSA) is 72.2 Å². The lowest BCUT2D eigenvalue weighted by atomic mass is 9.94. The minimum absolute atomic E-state index is 0.331. The summed E-state index contributed by atoms with van der Waals surface area (Å²) >= 11 is 0. The maximum atomic E-state index is 11.9. The van der Waals surface area contributed by atoms with Gasteiger partial charge in [-0.2, -0.15) is 0 Å². The van der Waals surface area contributed by atoms with Crippen molar-refractivity contribution in [2.24, 2.45) is 5.84 Å². The lowest BCUT2D eigenvalue weighted by Gasteiger charge is -2.32. The highest BCUT2D eigenvalue weighted by Crippen LogP contribution is 2.23. The molecular weight excluding hydrogens is 272 g/mol. The zero-order valence-electron chi connectivity index (χ0n) is 13.0. The SMILES string of the molecule is CC(C)c1ccc(CC(NN)C(C)(C)S(C)(=O)=O)cc1. The first-order chi connectivity index (χ1) is 9.09. The average Bonchev–Trinajstić information content (AvgIpc) is 2.34. The summed E-state index contributed by atoms with van der Waals surface area (Å²) in [5.41, 5.74) is 5.01. The van der Waals surface area contributed by atoms with Crippen molar-refractivity contribution in [3.63, 3.8) is 0 Å². The van der Waals surface area contributed by atoms with Crippen LogP contribution in [0.4, 0.5) is 0 Å². The Morgan fingerprint density at radius 1 is 1.20 bits per heavy atom. The van der Waals surface area contributed by atoms with Crippen molar-refractivity contribution in [2.45, 2.75) is 50.8 Å². The summed E-state index contributed by atoms with van der Waals surface area (Å²) in [7, 11) is -3.20. The van der Waals surface area contributed by atoms with Crippen LogP contribution in [0, 0.1) is 0 Å². The second-order valence-electron chi connectivity index (χ2n) is 6.20. The van der Waals surface area contributed by atoms with E-state index in [1.807, 2.05) is 12.1 Å². The van der Waals surface area contributed by atoms with Gasteiger partial charge in [-0.15, -0.1) is 0 Å². The van der Waals surface area contributed by atoms with Gasteiger partial charge in [0.2, 0.25) is 0 Å². The van der Waals surface area contributed by atoms with Crippen LogP contribution in [0.15, 0.2) is 24.3 Å². The first-order valence-electron chi connectivity index (χ1n) is 6.84. The van der Waals surface area contributed by atoms with E-state index in [1.165, 1.54) is 11.8 Å². The molecule has 0 radical (unpaired) electrons. The molecule has 1 unspecified atom stereocenters. The maximum Gasteiger partial charge on any atom is 0.154 e.